The maximum atomic E-state index is 4.30. The molecule has 2 aliphatic carbocycles. The van der Waals surface area contributed by atoms with Crippen LogP contribution >= 0.6 is 11.3 Å². The summed E-state index contributed by atoms with van der Waals surface area (Å²) in [6.07, 6.45) is 13.3. The fourth-order valence-electron chi connectivity index (χ4n) is 8.60. The van der Waals surface area contributed by atoms with Crippen LogP contribution in [0, 0.1) is 0 Å². The molecular formula is C45H29NS. The first kappa shape index (κ1) is 26.5. The third-order valence-electron chi connectivity index (χ3n) is 10.3. The van der Waals surface area contributed by atoms with Crippen molar-refractivity contribution in [3.05, 3.63) is 185 Å². The maximum Gasteiger partial charge on any atom is 0.0754 e. The fraction of sp³-hybridized carbons (Fsp3) is 0.0444. The van der Waals surface area contributed by atoms with Crippen LogP contribution in [0.2, 0.25) is 0 Å². The molecular weight excluding hydrogens is 587 g/mol. The Morgan fingerprint density at radius 1 is 0.723 bits per heavy atom. The zero-order chi connectivity index (χ0) is 31.3. The first-order chi connectivity index (χ1) is 23.3. The molecule has 10 rings (SSSR count). The fourth-order valence-corrected chi connectivity index (χ4v) is 9.83. The van der Waals surface area contributed by atoms with Gasteiger partial charge in [-0.2, -0.15) is 0 Å². The van der Waals surface area contributed by atoms with E-state index in [9.17, 15) is 0 Å². The summed E-state index contributed by atoms with van der Waals surface area (Å²) in [4.78, 5) is 0. The molecule has 0 saturated carbocycles. The van der Waals surface area contributed by atoms with E-state index < -0.39 is 5.41 Å². The minimum atomic E-state index is -0.516. The van der Waals surface area contributed by atoms with Gasteiger partial charge in [-0.25, -0.2) is 0 Å². The Hall–Kier alpha value is -5.66. The molecule has 3 heterocycles. The molecule has 5 aromatic carbocycles. The largest absolute Gasteiger partial charge is 0.309 e. The topological polar surface area (TPSA) is 4.93 Å². The average molecular weight is 616 g/mol. The second-order valence-electron chi connectivity index (χ2n) is 12.5. The van der Waals surface area contributed by atoms with E-state index >= 15 is 0 Å². The lowest BCUT2D eigenvalue weighted by Crippen LogP contribution is -2.35. The smallest absolute Gasteiger partial charge is 0.0754 e. The van der Waals surface area contributed by atoms with Crippen LogP contribution < -0.4 is 0 Å². The van der Waals surface area contributed by atoms with Crippen LogP contribution in [0.25, 0.3) is 65.6 Å². The van der Waals surface area contributed by atoms with Crippen molar-refractivity contribution in [2.75, 3.05) is 0 Å². The lowest BCUT2D eigenvalue weighted by atomic mass is 9.64. The van der Waals surface area contributed by atoms with Crippen molar-refractivity contribution in [3.63, 3.8) is 0 Å². The summed E-state index contributed by atoms with van der Waals surface area (Å²) in [6, 6.07) is 40.4. The summed E-state index contributed by atoms with van der Waals surface area (Å²) in [6.45, 7) is 6.39. The van der Waals surface area contributed by atoms with Crippen molar-refractivity contribution in [2.45, 2.75) is 12.3 Å². The molecule has 2 aromatic heterocycles. The number of allylic oxidation sites excluding steroid dienone is 6. The zero-order valence-electron chi connectivity index (χ0n) is 25.9. The second-order valence-corrected chi connectivity index (χ2v) is 13.5. The zero-order valence-corrected chi connectivity index (χ0v) is 26.7. The number of fused-ring (bicyclic) bond motifs is 12. The van der Waals surface area contributed by atoms with E-state index in [1.807, 2.05) is 17.4 Å². The summed E-state index contributed by atoms with van der Waals surface area (Å²) >= 11 is 1.87. The van der Waals surface area contributed by atoms with Crippen molar-refractivity contribution in [1.82, 2.24) is 4.57 Å². The highest BCUT2D eigenvalue weighted by molar-refractivity contribution is 7.26. The van der Waals surface area contributed by atoms with Crippen LogP contribution in [0.3, 0.4) is 0 Å². The van der Waals surface area contributed by atoms with Gasteiger partial charge in [-0.05, 0) is 70.7 Å². The highest BCUT2D eigenvalue weighted by atomic mass is 32.1. The van der Waals surface area contributed by atoms with Gasteiger partial charge < -0.3 is 4.57 Å². The predicted octanol–water partition coefficient (Wildman–Crippen LogP) is 12.0. The molecule has 0 atom stereocenters. The van der Waals surface area contributed by atoms with Gasteiger partial charge in [0.25, 0.3) is 0 Å². The van der Waals surface area contributed by atoms with Gasteiger partial charge in [-0.3, -0.25) is 0 Å². The second kappa shape index (κ2) is 9.67. The van der Waals surface area contributed by atoms with Crippen molar-refractivity contribution in [1.29, 1.82) is 0 Å². The Morgan fingerprint density at radius 3 is 2.17 bits per heavy atom. The first-order valence-corrected chi connectivity index (χ1v) is 17.0. The normalized spacial score (nSPS) is 15.5. The number of hydrogen-bond acceptors (Lipinski definition) is 1. The van der Waals surface area contributed by atoms with Crippen LogP contribution in [0.15, 0.2) is 151 Å². The first-order valence-electron chi connectivity index (χ1n) is 16.2. The summed E-state index contributed by atoms with van der Waals surface area (Å²) in [5, 5.41) is 3.83. The molecule has 0 amide bonds. The van der Waals surface area contributed by atoms with E-state index in [1.165, 1.54) is 75.7 Å². The van der Waals surface area contributed by atoms with E-state index in [0.29, 0.717) is 0 Å². The van der Waals surface area contributed by atoms with Crippen LogP contribution in [0.4, 0.5) is 0 Å². The van der Waals surface area contributed by atoms with E-state index in [2.05, 4.69) is 163 Å². The molecule has 0 fully saturated rings. The van der Waals surface area contributed by atoms with Crippen LogP contribution in [0.1, 0.15) is 40.4 Å². The highest BCUT2D eigenvalue weighted by Crippen LogP contribution is 2.62. The molecule has 0 radical (unpaired) electrons. The molecule has 1 nitrogen and oxygen atoms in total. The minimum Gasteiger partial charge on any atom is -0.309 e. The number of para-hydroxylation sites is 1. The molecule has 1 aliphatic heterocycles. The molecule has 0 saturated heterocycles. The van der Waals surface area contributed by atoms with E-state index in [0.717, 1.165) is 16.8 Å². The Balaban J connectivity index is 1.38. The number of aromatic nitrogens is 1. The Morgan fingerprint density at radius 2 is 1.38 bits per heavy atom. The third-order valence-corrected chi connectivity index (χ3v) is 11.6. The lowest BCUT2D eigenvalue weighted by molar-refractivity contribution is 0.748. The van der Waals surface area contributed by atoms with Gasteiger partial charge in [-0.1, -0.05) is 122 Å². The maximum absolute atomic E-state index is 4.30. The highest BCUT2D eigenvalue weighted by Gasteiger charge is 2.52. The van der Waals surface area contributed by atoms with Gasteiger partial charge in [0, 0.05) is 42.3 Å². The van der Waals surface area contributed by atoms with Gasteiger partial charge in [-0.15, -0.1) is 17.1 Å². The standard InChI is InChI=1S/C45H29NS/c1-3-14-40-29(4-2)34-20-13-24-38-43(34)46(40)41-25-11-15-28(30-19-12-21-35-33-18-7-10-26-42(33)47-44(30)35)27-39(41)45(38)36-22-8-5-16-31(36)32-17-6-9-23-37(32)45/h3-14,16-27H,2H2,1H3/b14-3-. The summed E-state index contributed by atoms with van der Waals surface area (Å²) < 4.78 is 5.09. The molecule has 0 bridgehead atoms. The Kier molecular flexibility index (Phi) is 5.46. The number of nitrogens with zero attached hydrogens (tertiary/aromatic N) is 1. The molecule has 220 valence electrons. The molecule has 2 heteroatoms. The monoisotopic (exact) mass is 615 g/mol. The quantitative estimate of drug-likeness (QED) is 0.174. The summed E-state index contributed by atoms with van der Waals surface area (Å²) in [5.74, 6) is 0. The SMILES string of the molecule is C=Cc1c(/C=C\C)n2c3c(cccc13)C1(C3=CC(c4cccc5c4sc4ccccc45)=C=CC=C32)c2ccccc2-c2ccccc21. The van der Waals surface area contributed by atoms with Gasteiger partial charge in [0.05, 0.1) is 22.3 Å². The Labute approximate surface area is 277 Å². The van der Waals surface area contributed by atoms with E-state index in [-0.39, 0.29) is 0 Å². The molecule has 0 N–H and O–H groups in total. The molecule has 3 aliphatic rings. The van der Waals surface area contributed by atoms with Crippen molar-refractivity contribution in [2.24, 2.45) is 0 Å². The average Bonchev–Trinajstić information content (AvgIpc) is 3.68. The van der Waals surface area contributed by atoms with Gasteiger partial charge in [0.1, 0.15) is 0 Å². The molecule has 0 unspecified atom stereocenters. The predicted molar refractivity (Wildman–Crippen MR) is 202 cm³/mol. The molecule has 7 aromatic rings. The summed E-state index contributed by atoms with van der Waals surface area (Å²) in [7, 11) is 0. The number of benzene rings is 5. The lowest BCUT2D eigenvalue weighted by Gasteiger charge is -2.41. The van der Waals surface area contributed by atoms with Crippen molar-refractivity contribution >= 4 is 65.8 Å². The molecule has 1 spiro atoms. The van der Waals surface area contributed by atoms with Crippen LogP contribution in [0.5, 0.6) is 0 Å². The van der Waals surface area contributed by atoms with Gasteiger partial charge in [0.15, 0.2) is 0 Å². The number of rotatable bonds is 3. The van der Waals surface area contributed by atoms with Crippen LogP contribution in [-0.2, 0) is 5.41 Å². The van der Waals surface area contributed by atoms with Gasteiger partial charge in [0.2, 0.25) is 0 Å². The Bertz CT molecular complexity index is 2650. The van der Waals surface area contributed by atoms with Gasteiger partial charge >= 0.3 is 0 Å². The molecule has 47 heavy (non-hydrogen) atoms. The van der Waals surface area contributed by atoms with E-state index in [1.54, 1.807) is 0 Å². The van der Waals surface area contributed by atoms with Crippen molar-refractivity contribution in [3.8, 4) is 11.1 Å². The van der Waals surface area contributed by atoms with E-state index in [4.69, 9.17) is 0 Å². The summed E-state index contributed by atoms with van der Waals surface area (Å²) in [5.41, 5.74) is 18.1. The third kappa shape index (κ3) is 3.29. The van der Waals surface area contributed by atoms with Crippen molar-refractivity contribution < 1.29 is 0 Å². The minimum absolute atomic E-state index is 0.516. The number of thiophene rings is 1. The van der Waals surface area contributed by atoms with Crippen LogP contribution in [-0.4, -0.2) is 4.57 Å². The number of hydrogen-bond donors (Lipinski definition) is 0.